The lowest BCUT2D eigenvalue weighted by Crippen LogP contribution is -2.41. The third-order valence-electron chi connectivity index (χ3n) is 3.64. The number of nitrogens with zero attached hydrogens (tertiary/aromatic N) is 1. The molecule has 108 valence electrons. The summed E-state index contributed by atoms with van der Waals surface area (Å²) in [6, 6.07) is 0. The van der Waals surface area contributed by atoms with Crippen LogP contribution in [0, 0.1) is 13.8 Å². The van der Waals surface area contributed by atoms with Crippen molar-refractivity contribution in [2.24, 2.45) is 0 Å². The maximum absolute atomic E-state index is 12.6. The van der Waals surface area contributed by atoms with Gasteiger partial charge >= 0.3 is 0 Å². The molecule has 0 bridgehead atoms. The molecule has 0 atom stereocenters. The van der Waals surface area contributed by atoms with Crippen LogP contribution in [0.5, 0.6) is 0 Å². The molecule has 1 aliphatic heterocycles. The number of aromatic nitrogens is 1. The van der Waals surface area contributed by atoms with Gasteiger partial charge in [0.2, 0.25) is 0 Å². The van der Waals surface area contributed by atoms with Gasteiger partial charge in [0.25, 0.3) is 5.91 Å². The summed E-state index contributed by atoms with van der Waals surface area (Å²) in [5.74, 6) is 0.0825. The van der Waals surface area contributed by atoms with Crippen LogP contribution in [0.1, 0.15) is 34.2 Å². The predicted octanol–water partition coefficient (Wildman–Crippen LogP) is 2.69. The summed E-state index contributed by atoms with van der Waals surface area (Å²) in [7, 11) is 0. The van der Waals surface area contributed by atoms with E-state index in [1.54, 1.807) is 0 Å². The average Bonchev–Trinajstić information content (AvgIpc) is 2.75. The molecule has 0 saturated carbocycles. The Bertz CT molecular complexity index is 549. The molecule has 1 amide bonds. The van der Waals surface area contributed by atoms with E-state index in [2.05, 4.69) is 11.6 Å². The van der Waals surface area contributed by atoms with Crippen LogP contribution in [0.4, 0.5) is 0 Å². The fourth-order valence-electron chi connectivity index (χ4n) is 2.60. The molecule has 4 heteroatoms. The Morgan fingerprint density at radius 1 is 1.35 bits per heavy atom. The molecule has 1 aromatic rings. The highest BCUT2D eigenvalue weighted by atomic mass is 16.5. The number of carbonyl (C=O) groups is 1. The lowest BCUT2D eigenvalue weighted by Gasteiger charge is -2.27. The highest BCUT2D eigenvalue weighted by Crippen LogP contribution is 2.25. The largest absolute Gasteiger partial charge is 0.378 e. The molecule has 4 nitrogen and oxygen atoms in total. The molecule has 0 aliphatic carbocycles. The number of carbonyl (C=O) groups excluding carboxylic acids is 1. The van der Waals surface area contributed by atoms with E-state index in [0.29, 0.717) is 26.3 Å². The first-order valence-corrected chi connectivity index (χ1v) is 6.94. The lowest BCUT2D eigenvalue weighted by atomic mass is 10.0. The van der Waals surface area contributed by atoms with Crippen molar-refractivity contribution in [1.82, 2.24) is 9.88 Å². The van der Waals surface area contributed by atoms with Crippen LogP contribution >= 0.6 is 0 Å². The van der Waals surface area contributed by atoms with Crippen LogP contribution in [0.25, 0.3) is 5.57 Å². The molecule has 1 aromatic heterocycles. The second-order valence-corrected chi connectivity index (χ2v) is 5.05. The van der Waals surface area contributed by atoms with E-state index < -0.39 is 0 Å². The zero-order valence-electron chi connectivity index (χ0n) is 12.5. The third kappa shape index (κ3) is 2.70. The Balaban J connectivity index is 2.32. The van der Waals surface area contributed by atoms with E-state index in [-0.39, 0.29) is 5.91 Å². The lowest BCUT2D eigenvalue weighted by molar-refractivity contribution is 0.0302. The van der Waals surface area contributed by atoms with Gasteiger partial charge < -0.3 is 14.6 Å². The van der Waals surface area contributed by atoms with Gasteiger partial charge in [-0.15, -0.1) is 0 Å². The molecule has 0 spiro atoms. The number of hydrogen-bond donors (Lipinski definition) is 1. The number of H-pyrrole nitrogens is 1. The summed E-state index contributed by atoms with van der Waals surface area (Å²) in [6.07, 6.45) is 3.89. The number of aryl methyl sites for hydroxylation is 1. The van der Waals surface area contributed by atoms with Gasteiger partial charge in [-0.05, 0) is 31.9 Å². The minimum Gasteiger partial charge on any atom is -0.378 e. The normalized spacial score (nSPS) is 15.8. The van der Waals surface area contributed by atoms with Crippen LogP contribution < -0.4 is 0 Å². The quantitative estimate of drug-likeness (QED) is 0.861. The summed E-state index contributed by atoms with van der Waals surface area (Å²) in [4.78, 5) is 17.8. The van der Waals surface area contributed by atoms with Crippen molar-refractivity contribution in [3.8, 4) is 0 Å². The van der Waals surface area contributed by atoms with Crippen molar-refractivity contribution in [3.05, 3.63) is 41.2 Å². The zero-order chi connectivity index (χ0) is 14.7. The zero-order valence-corrected chi connectivity index (χ0v) is 12.5. The van der Waals surface area contributed by atoms with Gasteiger partial charge in [-0.2, -0.15) is 0 Å². The van der Waals surface area contributed by atoms with Crippen LogP contribution in [-0.4, -0.2) is 42.1 Å². The Hall–Kier alpha value is -1.81. The Labute approximate surface area is 120 Å². The molecule has 2 heterocycles. The molecular weight excluding hydrogens is 252 g/mol. The summed E-state index contributed by atoms with van der Waals surface area (Å²) < 4.78 is 5.30. The van der Waals surface area contributed by atoms with Gasteiger partial charge in [0, 0.05) is 24.5 Å². The van der Waals surface area contributed by atoms with Crippen LogP contribution in [0.15, 0.2) is 18.7 Å². The summed E-state index contributed by atoms with van der Waals surface area (Å²) in [5.41, 5.74) is 4.49. The molecule has 2 rings (SSSR count). The van der Waals surface area contributed by atoms with Gasteiger partial charge in [0.05, 0.1) is 18.8 Å². The van der Waals surface area contributed by atoms with Crippen molar-refractivity contribution in [2.45, 2.75) is 20.8 Å². The number of hydrogen-bond acceptors (Lipinski definition) is 2. The minimum atomic E-state index is 0.0825. The summed E-state index contributed by atoms with van der Waals surface area (Å²) >= 11 is 0. The second kappa shape index (κ2) is 6.09. The first-order valence-electron chi connectivity index (χ1n) is 6.94. The Morgan fingerprint density at radius 2 is 2.00 bits per heavy atom. The molecule has 1 saturated heterocycles. The van der Waals surface area contributed by atoms with E-state index in [1.165, 1.54) is 0 Å². The minimum absolute atomic E-state index is 0.0825. The number of nitrogens with one attached hydrogen (secondary N) is 1. The van der Waals surface area contributed by atoms with Crippen molar-refractivity contribution in [3.63, 3.8) is 0 Å². The van der Waals surface area contributed by atoms with Crippen LogP contribution in [0.2, 0.25) is 0 Å². The molecule has 0 radical (unpaired) electrons. The summed E-state index contributed by atoms with van der Waals surface area (Å²) in [6.45, 7) is 12.5. The maximum atomic E-state index is 12.6. The number of morpholine rings is 1. The van der Waals surface area contributed by atoms with Crippen LogP contribution in [-0.2, 0) is 4.74 Å². The highest BCUT2D eigenvalue weighted by Gasteiger charge is 2.24. The fraction of sp³-hybridized carbons (Fsp3) is 0.438. The smallest absolute Gasteiger partial charge is 0.256 e. The van der Waals surface area contributed by atoms with E-state index in [4.69, 9.17) is 4.74 Å². The predicted molar refractivity (Wildman–Crippen MR) is 80.8 cm³/mol. The van der Waals surface area contributed by atoms with Crippen molar-refractivity contribution >= 4 is 11.5 Å². The maximum Gasteiger partial charge on any atom is 0.256 e. The Morgan fingerprint density at radius 3 is 2.60 bits per heavy atom. The number of aromatic amines is 1. The molecule has 1 fully saturated rings. The van der Waals surface area contributed by atoms with E-state index in [0.717, 1.165) is 28.1 Å². The first kappa shape index (κ1) is 14.6. The standard InChI is InChI=1S/C16H22N2O2/c1-5-6-11(2)15-12(3)14(13(4)17-15)16(19)18-7-9-20-10-8-18/h5-6,17H,2,7-10H2,1,3-4H3/b6-5-. The van der Waals surface area contributed by atoms with Crippen molar-refractivity contribution in [1.29, 1.82) is 0 Å². The Kier molecular flexibility index (Phi) is 4.45. The topological polar surface area (TPSA) is 45.3 Å². The van der Waals surface area contributed by atoms with Gasteiger partial charge in [0.1, 0.15) is 0 Å². The van der Waals surface area contributed by atoms with E-state index in [1.807, 2.05) is 37.8 Å². The van der Waals surface area contributed by atoms with Gasteiger partial charge in [-0.3, -0.25) is 4.79 Å². The molecular formula is C16H22N2O2. The number of ether oxygens (including phenoxy) is 1. The third-order valence-corrected chi connectivity index (χ3v) is 3.64. The van der Waals surface area contributed by atoms with E-state index >= 15 is 0 Å². The molecule has 1 N–H and O–H groups in total. The average molecular weight is 274 g/mol. The van der Waals surface area contributed by atoms with E-state index in [9.17, 15) is 4.79 Å². The molecule has 20 heavy (non-hydrogen) atoms. The fourth-order valence-corrected chi connectivity index (χ4v) is 2.60. The van der Waals surface area contributed by atoms with Crippen molar-refractivity contribution < 1.29 is 9.53 Å². The van der Waals surface area contributed by atoms with Crippen molar-refractivity contribution in [2.75, 3.05) is 26.3 Å². The number of amides is 1. The number of allylic oxidation sites excluding steroid dienone is 3. The number of rotatable bonds is 3. The van der Waals surface area contributed by atoms with Crippen LogP contribution in [0.3, 0.4) is 0 Å². The van der Waals surface area contributed by atoms with Gasteiger partial charge in [0.15, 0.2) is 0 Å². The van der Waals surface area contributed by atoms with Gasteiger partial charge in [-0.25, -0.2) is 0 Å². The monoisotopic (exact) mass is 274 g/mol. The highest BCUT2D eigenvalue weighted by molar-refractivity contribution is 5.98. The second-order valence-electron chi connectivity index (χ2n) is 5.05. The molecule has 0 unspecified atom stereocenters. The SMILES string of the molecule is C=C(/C=C\C)c1[nH]c(C)c(C(=O)N2CCOCC2)c1C. The van der Waals surface area contributed by atoms with Gasteiger partial charge in [-0.1, -0.05) is 18.7 Å². The first-order chi connectivity index (χ1) is 9.56. The molecule has 1 aliphatic rings. The molecule has 0 aromatic carbocycles. The summed E-state index contributed by atoms with van der Waals surface area (Å²) in [5, 5.41) is 0.